The zero-order valence-electron chi connectivity index (χ0n) is 10.0. The van der Waals surface area contributed by atoms with E-state index in [4.69, 9.17) is 11.6 Å². The standard InChI is InChI=1S/C11H17ClN2O2S/c1-10(9-12)14(2)17(15,16)8-5-11-3-6-13-7-4-11/h3-4,6-7,10H,5,8-9H2,1-2H3. The van der Waals surface area contributed by atoms with E-state index in [9.17, 15) is 8.42 Å². The van der Waals surface area contributed by atoms with Crippen LogP contribution in [0.25, 0.3) is 0 Å². The molecule has 0 aromatic carbocycles. The van der Waals surface area contributed by atoms with Crippen molar-refractivity contribution in [2.75, 3.05) is 18.7 Å². The molecule has 1 aromatic heterocycles. The second-order valence-electron chi connectivity index (χ2n) is 3.94. The van der Waals surface area contributed by atoms with Crippen molar-refractivity contribution in [3.63, 3.8) is 0 Å². The number of alkyl halides is 1. The van der Waals surface area contributed by atoms with Gasteiger partial charge in [-0.2, -0.15) is 0 Å². The Morgan fingerprint density at radius 2 is 2.00 bits per heavy atom. The van der Waals surface area contributed by atoms with Gasteiger partial charge in [-0.15, -0.1) is 11.6 Å². The molecule has 1 unspecified atom stereocenters. The largest absolute Gasteiger partial charge is 0.265 e. The minimum absolute atomic E-state index is 0.0920. The van der Waals surface area contributed by atoms with E-state index in [1.807, 2.05) is 12.1 Å². The molecular weight excluding hydrogens is 260 g/mol. The molecule has 0 bridgehead atoms. The minimum atomic E-state index is -3.24. The van der Waals surface area contributed by atoms with Crippen LogP contribution in [0.1, 0.15) is 12.5 Å². The first-order valence-corrected chi connectivity index (χ1v) is 7.52. The molecule has 17 heavy (non-hydrogen) atoms. The fraction of sp³-hybridized carbons (Fsp3) is 0.545. The molecule has 0 spiro atoms. The van der Waals surface area contributed by atoms with Gasteiger partial charge in [0.2, 0.25) is 10.0 Å². The zero-order valence-corrected chi connectivity index (χ0v) is 11.6. The summed E-state index contributed by atoms with van der Waals surface area (Å²) in [5, 5.41) is 0. The Morgan fingerprint density at radius 3 is 2.53 bits per heavy atom. The monoisotopic (exact) mass is 276 g/mol. The number of aryl methyl sites for hydroxylation is 1. The van der Waals surface area contributed by atoms with E-state index in [-0.39, 0.29) is 11.8 Å². The van der Waals surface area contributed by atoms with E-state index in [0.717, 1.165) is 5.56 Å². The van der Waals surface area contributed by atoms with Crippen LogP contribution in [0.5, 0.6) is 0 Å². The van der Waals surface area contributed by atoms with Gasteiger partial charge < -0.3 is 0 Å². The Labute approximate surface area is 108 Å². The van der Waals surface area contributed by atoms with Crippen LogP contribution < -0.4 is 0 Å². The molecule has 0 saturated carbocycles. The molecule has 96 valence electrons. The Morgan fingerprint density at radius 1 is 1.41 bits per heavy atom. The molecule has 0 amide bonds. The van der Waals surface area contributed by atoms with Gasteiger partial charge in [0.1, 0.15) is 0 Å². The van der Waals surface area contributed by atoms with Gasteiger partial charge in [0.05, 0.1) is 5.75 Å². The second-order valence-corrected chi connectivity index (χ2v) is 6.40. The fourth-order valence-corrected chi connectivity index (χ4v) is 3.00. The molecule has 6 heteroatoms. The van der Waals surface area contributed by atoms with Crippen LogP contribution in [0.4, 0.5) is 0 Å². The summed E-state index contributed by atoms with van der Waals surface area (Å²) in [6.45, 7) is 1.79. The van der Waals surface area contributed by atoms with E-state index < -0.39 is 10.0 Å². The van der Waals surface area contributed by atoms with Gasteiger partial charge in [0.25, 0.3) is 0 Å². The molecule has 0 aliphatic heterocycles. The maximum absolute atomic E-state index is 12.0. The summed E-state index contributed by atoms with van der Waals surface area (Å²) in [6.07, 6.45) is 3.81. The highest BCUT2D eigenvalue weighted by molar-refractivity contribution is 7.89. The number of rotatable bonds is 6. The van der Waals surface area contributed by atoms with E-state index in [1.54, 1.807) is 26.4 Å². The van der Waals surface area contributed by atoms with Crippen LogP contribution in [0, 0.1) is 0 Å². The summed E-state index contributed by atoms with van der Waals surface area (Å²) >= 11 is 5.66. The number of hydrogen-bond acceptors (Lipinski definition) is 3. The highest BCUT2D eigenvalue weighted by atomic mass is 35.5. The van der Waals surface area contributed by atoms with Gasteiger partial charge in [-0.3, -0.25) is 4.98 Å². The summed E-state index contributed by atoms with van der Waals surface area (Å²) in [5.41, 5.74) is 0.968. The number of pyridine rings is 1. The number of hydrogen-bond donors (Lipinski definition) is 0. The maximum Gasteiger partial charge on any atom is 0.214 e. The van der Waals surface area contributed by atoms with Crippen LogP contribution in [0.2, 0.25) is 0 Å². The Kier molecular flexibility index (Phi) is 5.36. The van der Waals surface area contributed by atoms with Crippen molar-refractivity contribution >= 4 is 21.6 Å². The topological polar surface area (TPSA) is 50.3 Å². The molecule has 0 N–H and O–H groups in total. The molecule has 0 saturated heterocycles. The fourth-order valence-electron chi connectivity index (χ4n) is 1.31. The van der Waals surface area contributed by atoms with E-state index in [0.29, 0.717) is 12.3 Å². The van der Waals surface area contributed by atoms with Gasteiger partial charge in [0, 0.05) is 31.4 Å². The molecule has 0 aliphatic rings. The third kappa shape index (κ3) is 4.26. The summed E-state index contributed by atoms with van der Waals surface area (Å²) in [6, 6.07) is 3.46. The number of sulfonamides is 1. The third-order valence-electron chi connectivity index (χ3n) is 2.68. The van der Waals surface area contributed by atoms with Gasteiger partial charge in [-0.1, -0.05) is 0 Å². The lowest BCUT2D eigenvalue weighted by atomic mass is 10.2. The lowest BCUT2D eigenvalue weighted by Gasteiger charge is -2.22. The van der Waals surface area contributed by atoms with Gasteiger partial charge >= 0.3 is 0 Å². The van der Waals surface area contributed by atoms with Gasteiger partial charge in [-0.25, -0.2) is 12.7 Å². The highest BCUT2D eigenvalue weighted by Gasteiger charge is 2.22. The minimum Gasteiger partial charge on any atom is -0.265 e. The molecule has 0 fully saturated rings. The summed E-state index contributed by atoms with van der Waals surface area (Å²) in [7, 11) is -1.68. The first-order chi connectivity index (χ1) is 7.97. The molecule has 1 atom stereocenters. The smallest absolute Gasteiger partial charge is 0.214 e. The van der Waals surface area contributed by atoms with Crippen molar-refractivity contribution in [1.82, 2.24) is 9.29 Å². The summed E-state index contributed by atoms with van der Waals surface area (Å²) < 4.78 is 25.2. The first kappa shape index (κ1) is 14.4. The molecule has 1 rings (SSSR count). The molecule has 1 heterocycles. The normalized spacial score (nSPS) is 13.9. The Hall–Kier alpha value is -0.650. The van der Waals surface area contributed by atoms with Crippen LogP contribution in [0.15, 0.2) is 24.5 Å². The predicted molar refractivity (Wildman–Crippen MR) is 69.7 cm³/mol. The highest BCUT2D eigenvalue weighted by Crippen LogP contribution is 2.08. The molecule has 0 aliphatic carbocycles. The average Bonchev–Trinajstić information content (AvgIpc) is 2.36. The summed E-state index contributed by atoms with van der Waals surface area (Å²) in [4.78, 5) is 3.89. The van der Waals surface area contributed by atoms with Crippen molar-refractivity contribution < 1.29 is 8.42 Å². The molecule has 0 radical (unpaired) electrons. The van der Waals surface area contributed by atoms with Crippen molar-refractivity contribution in [3.8, 4) is 0 Å². The number of halogens is 1. The lowest BCUT2D eigenvalue weighted by Crippen LogP contribution is -2.38. The maximum atomic E-state index is 12.0. The van der Waals surface area contributed by atoms with Crippen molar-refractivity contribution in [2.24, 2.45) is 0 Å². The van der Waals surface area contributed by atoms with E-state index >= 15 is 0 Å². The van der Waals surface area contributed by atoms with Crippen molar-refractivity contribution in [1.29, 1.82) is 0 Å². The lowest BCUT2D eigenvalue weighted by molar-refractivity contribution is 0.413. The van der Waals surface area contributed by atoms with Crippen LogP contribution >= 0.6 is 11.6 Å². The van der Waals surface area contributed by atoms with Crippen LogP contribution in [0.3, 0.4) is 0 Å². The molecule has 1 aromatic rings. The SMILES string of the molecule is CC(CCl)N(C)S(=O)(=O)CCc1ccncc1. The average molecular weight is 277 g/mol. The zero-order chi connectivity index (χ0) is 12.9. The van der Waals surface area contributed by atoms with Crippen molar-refractivity contribution in [3.05, 3.63) is 30.1 Å². The quantitative estimate of drug-likeness (QED) is 0.740. The van der Waals surface area contributed by atoms with Crippen molar-refractivity contribution in [2.45, 2.75) is 19.4 Å². The predicted octanol–water partition coefficient (Wildman–Crippen LogP) is 1.51. The first-order valence-electron chi connectivity index (χ1n) is 5.38. The van der Waals surface area contributed by atoms with E-state index in [2.05, 4.69) is 4.98 Å². The van der Waals surface area contributed by atoms with Crippen LogP contribution in [-0.4, -0.2) is 42.4 Å². The summed E-state index contributed by atoms with van der Waals surface area (Å²) in [5.74, 6) is 0.389. The third-order valence-corrected chi connectivity index (χ3v) is 5.08. The Bertz CT molecular complexity index is 436. The Balaban J connectivity index is 2.62. The van der Waals surface area contributed by atoms with Crippen LogP contribution in [-0.2, 0) is 16.4 Å². The van der Waals surface area contributed by atoms with Gasteiger partial charge in [0.15, 0.2) is 0 Å². The molecular formula is C11H17ClN2O2S. The van der Waals surface area contributed by atoms with Gasteiger partial charge in [-0.05, 0) is 31.0 Å². The number of nitrogens with zero attached hydrogens (tertiary/aromatic N) is 2. The number of aromatic nitrogens is 1. The molecule has 4 nitrogen and oxygen atoms in total. The van der Waals surface area contributed by atoms with E-state index in [1.165, 1.54) is 4.31 Å². The second kappa shape index (κ2) is 6.33.